The van der Waals surface area contributed by atoms with Crippen LogP contribution >= 0.6 is 0 Å². The van der Waals surface area contributed by atoms with Crippen molar-refractivity contribution >= 4 is 17.5 Å². The molecule has 2 heterocycles. The summed E-state index contributed by atoms with van der Waals surface area (Å²) in [5.74, 6) is 0.0943. The van der Waals surface area contributed by atoms with Gasteiger partial charge in [-0.2, -0.15) is 5.10 Å². The second-order valence-electron chi connectivity index (χ2n) is 7.34. The lowest BCUT2D eigenvalue weighted by Gasteiger charge is -2.27. The Bertz CT molecular complexity index is 995. The number of hydrogen-bond acceptors (Lipinski definition) is 3. The quantitative estimate of drug-likeness (QED) is 0.670. The maximum Gasteiger partial charge on any atom is 0.253 e. The molecule has 3 aromatic rings. The van der Waals surface area contributed by atoms with Gasteiger partial charge in [0.05, 0.1) is 11.9 Å². The van der Waals surface area contributed by atoms with Gasteiger partial charge in [0.15, 0.2) is 0 Å². The minimum absolute atomic E-state index is 0.0611. The number of piperidine rings is 1. The molecular formula is C23H24N4O2. The zero-order chi connectivity index (χ0) is 20.2. The van der Waals surface area contributed by atoms with E-state index in [9.17, 15) is 9.59 Å². The topological polar surface area (TPSA) is 58.4 Å². The molecule has 0 spiro atoms. The molecule has 1 aromatic heterocycles. The third-order valence-electron chi connectivity index (χ3n) is 5.17. The Labute approximate surface area is 170 Å². The lowest BCUT2D eigenvalue weighted by atomic mass is 10.1. The first-order chi connectivity index (χ1) is 14.1. The Morgan fingerprint density at radius 2 is 1.79 bits per heavy atom. The molecule has 148 valence electrons. The van der Waals surface area contributed by atoms with E-state index < -0.39 is 0 Å². The minimum Gasteiger partial charge on any atom is -0.337 e. The van der Waals surface area contributed by atoms with E-state index in [2.05, 4.69) is 5.10 Å². The van der Waals surface area contributed by atoms with Crippen LogP contribution in [-0.2, 0) is 11.3 Å². The van der Waals surface area contributed by atoms with Gasteiger partial charge >= 0.3 is 0 Å². The van der Waals surface area contributed by atoms with Crippen LogP contribution in [0.4, 0.5) is 5.69 Å². The van der Waals surface area contributed by atoms with Crippen LogP contribution in [0.15, 0.2) is 67.0 Å². The third-order valence-corrected chi connectivity index (χ3v) is 5.17. The number of benzene rings is 2. The van der Waals surface area contributed by atoms with E-state index >= 15 is 0 Å². The first-order valence-corrected chi connectivity index (χ1v) is 9.87. The summed E-state index contributed by atoms with van der Waals surface area (Å²) in [6.07, 6.45) is 6.29. The molecule has 2 amide bonds. The van der Waals surface area contributed by atoms with Gasteiger partial charge in [-0.3, -0.25) is 9.59 Å². The lowest BCUT2D eigenvalue weighted by molar-refractivity contribution is -0.119. The smallest absolute Gasteiger partial charge is 0.253 e. The molecule has 0 aliphatic carbocycles. The van der Waals surface area contributed by atoms with Gasteiger partial charge in [-0.15, -0.1) is 0 Å². The van der Waals surface area contributed by atoms with Gasteiger partial charge in [-0.1, -0.05) is 18.2 Å². The number of hydrogen-bond donors (Lipinski definition) is 0. The highest BCUT2D eigenvalue weighted by atomic mass is 16.2. The summed E-state index contributed by atoms with van der Waals surface area (Å²) < 4.78 is 1.80. The Balaban J connectivity index is 1.41. The van der Waals surface area contributed by atoms with Gasteiger partial charge in [-0.05, 0) is 49.2 Å². The summed E-state index contributed by atoms with van der Waals surface area (Å²) in [5, 5.41) is 4.38. The summed E-state index contributed by atoms with van der Waals surface area (Å²) in [6.45, 7) is 1.22. The monoisotopic (exact) mass is 388 g/mol. The average molecular weight is 388 g/mol. The Hall–Kier alpha value is -3.41. The van der Waals surface area contributed by atoms with Crippen LogP contribution in [0.1, 0.15) is 35.2 Å². The molecule has 2 aromatic carbocycles. The fourth-order valence-electron chi connectivity index (χ4n) is 3.59. The van der Waals surface area contributed by atoms with Crippen molar-refractivity contribution in [3.63, 3.8) is 0 Å². The third kappa shape index (κ3) is 4.21. The fourth-order valence-corrected chi connectivity index (χ4v) is 3.59. The molecule has 1 aliphatic heterocycles. The van der Waals surface area contributed by atoms with Crippen molar-refractivity contribution in [1.82, 2.24) is 14.7 Å². The van der Waals surface area contributed by atoms with E-state index in [0.29, 0.717) is 18.5 Å². The highest BCUT2D eigenvalue weighted by Crippen LogP contribution is 2.22. The fraction of sp³-hybridized carbons (Fsp3) is 0.261. The number of para-hydroxylation sites is 1. The molecule has 0 atom stereocenters. The van der Waals surface area contributed by atoms with Crippen molar-refractivity contribution in [2.75, 3.05) is 18.5 Å². The summed E-state index contributed by atoms with van der Waals surface area (Å²) in [6, 6.07) is 17.2. The first-order valence-electron chi connectivity index (χ1n) is 9.87. The molecule has 6 heteroatoms. The molecule has 1 aliphatic rings. The molecule has 4 rings (SSSR count). The number of nitrogens with zero attached hydrogens (tertiary/aromatic N) is 4. The van der Waals surface area contributed by atoms with Gasteiger partial charge in [0.2, 0.25) is 5.91 Å². The van der Waals surface area contributed by atoms with Gasteiger partial charge in [0.1, 0.15) is 0 Å². The van der Waals surface area contributed by atoms with E-state index in [1.807, 2.05) is 48.7 Å². The van der Waals surface area contributed by atoms with Crippen LogP contribution in [-0.4, -0.2) is 40.1 Å². The largest absolute Gasteiger partial charge is 0.337 e. The van der Waals surface area contributed by atoms with Crippen LogP contribution in [0.25, 0.3) is 5.69 Å². The molecule has 1 saturated heterocycles. The van der Waals surface area contributed by atoms with Crippen molar-refractivity contribution in [2.45, 2.75) is 25.8 Å². The second-order valence-corrected chi connectivity index (χ2v) is 7.34. The van der Waals surface area contributed by atoms with Gasteiger partial charge < -0.3 is 9.80 Å². The number of aromatic nitrogens is 2. The zero-order valence-electron chi connectivity index (χ0n) is 16.5. The van der Waals surface area contributed by atoms with Crippen molar-refractivity contribution < 1.29 is 9.59 Å². The SMILES string of the molecule is CN(Cc1cnn(-c2ccccc2)c1)C(=O)c1ccc(N2CCCCC2=O)cc1. The van der Waals surface area contributed by atoms with Crippen LogP contribution in [0.5, 0.6) is 0 Å². The highest BCUT2D eigenvalue weighted by Gasteiger charge is 2.20. The van der Waals surface area contributed by atoms with Crippen molar-refractivity contribution in [3.8, 4) is 5.69 Å². The molecular weight excluding hydrogens is 364 g/mol. The van der Waals surface area contributed by atoms with Crippen LogP contribution in [0, 0.1) is 0 Å². The maximum absolute atomic E-state index is 12.8. The summed E-state index contributed by atoms with van der Waals surface area (Å²) in [7, 11) is 1.78. The van der Waals surface area contributed by atoms with Gasteiger partial charge in [0.25, 0.3) is 5.91 Å². The molecule has 0 radical (unpaired) electrons. The molecule has 6 nitrogen and oxygen atoms in total. The molecule has 0 bridgehead atoms. The van der Waals surface area contributed by atoms with Gasteiger partial charge in [-0.25, -0.2) is 4.68 Å². The predicted octanol–water partition coefficient (Wildman–Crippen LogP) is 3.66. The van der Waals surface area contributed by atoms with E-state index in [1.54, 1.807) is 39.9 Å². The van der Waals surface area contributed by atoms with Crippen molar-refractivity contribution in [2.24, 2.45) is 0 Å². The Kier molecular flexibility index (Phi) is 5.42. The number of anilines is 1. The predicted molar refractivity (Wildman–Crippen MR) is 112 cm³/mol. The molecule has 29 heavy (non-hydrogen) atoms. The van der Waals surface area contributed by atoms with Crippen molar-refractivity contribution in [1.29, 1.82) is 0 Å². The molecule has 0 unspecified atom stereocenters. The van der Waals surface area contributed by atoms with Crippen LogP contribution in [0.3, 0.4) is 0 Å². The molecule has 0 N–H and O–H groups in total. The zero-order valence-corrected chi connectivity index (χ0v) is 16.5. The Morgan fingerprint density at radius 1 is 1.03 bits per heavy atom. The summed E-state index contributed by atoms with van der Waals surface area (Å²) >= 11 is 0. The van der Waals surface area contributed by atoms with E-state index in [1.165, 1.54) is 0 Å². The van der Waals surface area contributed by atoms with Gasteiger partial charge in [0, 0.05) is 49.6 Å². The Morgan fingerprint density at radius 3 is 2.52 bits per heavy atom. The van der Waals surface area contributed by atoms with Crippen LogP contribution in [0.2, 0.25) is 0 Å². The van der Waals surface area contributed by atoms with Crippen LogP contribution < -0.4 is 4.90 Å². The first kappa shape index (κ1) is 18.9. The molecule has 1 fully saturated rings. The number of rotatable bonds is 5. The van der Waals surface area contributed by atoms with Crippen molar-refractivity contribution in [3.05, 3.63) is 78.1 Å². The number of carbonyl (C=O) groups is 2. The minimum atomic E-state index is -0.0611. The lowest BCUT2D eigenvalue weighted by Crippen LogP contribution is -2.35. The number of carbonyl (C=O) groups excluding carboxylic acids is 2. The van der Waals surface area contributed by atoms with E-state index in [0.717, 1.165) is 36.3 Å². The molecule has 0 saturated carbocycles. The average Bonchev–Trinajstić information content (AvgIpc) is 3.23. The standard InChI is InChI=1S/C23H24N4O2/c1-25(16-18-15-24-27(17-18)21-7-3-2-4-8-21)23(29)19-10-12-20(13-11-19)26-14-6-5-9-22(26)28/h2-4,7-8,10-13,15,17H,5-6,9,14,16H2,1H3. The maximum atomic E-state index is 12.8. The number of amides is 2. The normalized spacial score (nSPS) is 14.1. The highest BCUT2D eigenvalue weighted by molar-refractivity contribution is 5.96. The summed E-state index contributed by atoms with van der Waals surface area (Å²) in [4.78, 5) is 28.3. The second kappa shape index (κ2) is 8.31. The van der Waals surface area contributed by atoms with E-state index in [-0.39, 0.29) is 11.8 Å². The van der Waals surface area contributed by atoms with E-state index in [4.69, 9.17) is 0 Å². The summed E-state index contributed by atoms with van der Waals surface area (Å²) in [5.41, 5.74) is 3.41.